The Balaban J connectivity index is 1.07. The molecule has 7 heteroatoms. The quantitative estimate of drug-likeness (QED) is 0.728. The molecule has 1 N–H and O–H groups in total. The molecule has 3 fully saturated rings. The van der Waals surface area contributed by atoms with Crippen LogP contribution in [0.2, 0.25) is 0 Å². The maximum absolute atomic E-state index is 12.6. The first kappa shape index (κ1) is 21.9. The van der Waals surface area contributed by atoms with Gasteiger partial charge in [0, 0.05) is 38.3 Å². The fourth-order valence-electron chi connectivity index (χ4n) is 5.46. The number of rotatable bonds is 6. The van der Waals surface area contributed by atoms with Crippen molar-refractivity contribution in [2.75, 3.05) is 36.4 Å². The molecule has 5 rings (SSSR count). The van der Waals surface area contributed by atoms with Gasteiger partial charge in [-0.3, -0.25) is 9.59 Å². The van der Waals surface area contributed by atoms with Gasteiger partial charge in [0.1, 0.15) is 0 Å². The normalized spacial score (nSPS) is 20.0. The van der Waals surface area contributed by atoms with Crippen LogP contribution in [-0.4, -0.2) is 53.1 Å². The van der Waals surface area contributed by atoms with Gasteiger partial charge in [-0.2, -0.15) is 10.2 Å². The van der Waals surface area contributed by atoms with Crippen molar-refractivity contribution in [3.63, 3.8) is 0 Å². The average Bonchev–Trinajstić information content (AvgIpc) is 3.32. The number of benzene rings is 1. The lowest BCUT2D eigenvalue weighted by Crippen LogP contribution is -2.52. The van der Waals surface area contributed by atoms with Crippen LogP contribution in [0.25, 0.3) is 0 Å². The maximum Gasteiger partial charge on any atom is 0.231 e. The predicted octanol–water partition coefficient (Wildman–Crippen LogP) is 3.84. The second-order valence-corrected chi connectivity index (χ2v) is 9.82. The summed E-state index contributed by atoms with van der Waals surface area (Å²) in [4.78, 5) is 29.4. The van der Waals surface area contributed by atoms with Crippen LogP contribution in [0.1, 0.15) is 56.4 Å². The zero-order valence-corrected chi connectivity index (χ0v) is 19.2. The first-order valence-corrected chi connectivity index (χ1v) is 12.4. The number of likely N-dealkylation sites (tertiary alicyclic amines) is 1. The van der Waals surface area contributed by atoms with Crippen LogP contribution < -0.4 is 10.2 Å². The Labute approximate surface area is 195 Å². The molecule has 1 aliphatic carbocycles. The van der Waals surface area contributed by atoms with E-state index in [-0.39, 0.29) is 11.8 Å². The van der Waals surface area contributed by atoms with E-state index in [9.17, 15) is 9.59 Å². The minimum atomic E-state index is -0.0102. The van der Waals surface area contributed by atoms with Crippen molar-refractivity contribution in [1.82, 2.24) is 15.1 Å². The molecule has 0 atom stereocenters. The minimum Gasteiger partial charge on any atom is -0.368 e. The number of amides is 2. The number of nitrogens with zero attached hydrogens (tertiary/aromatic N) is 4. The van der Waals surface area contributed by atoms with Crippen LogP contribution in [-0.2, 0) is 9.59 Å². The van der Waals surface area contributed by atoms with Gasteiger partial charge in [0.2, 0.25) is 11.8 Å². The third-order valence-electron chi connectivity index (χ3n) is 7.62. The van der Waals surface area contributed by atoms with Gasteiger partial charge in [-0.15, -0.1) is 0 Å². The number of carbonyl (C=O) groups excluding carboxylic acids is 2. The lowest BCUT2D eigenvalue weighted by molar-refractivity contribution is -0.133. The van der Waals surface area contributed by atoms with E-state index in [1.54, 1.807) is 12.4 Å². The van der Waals surface area contributed by atoms with Gasteiger partial charge < -0.3 is 15.1 Å². The Morgan fingerprint density at radius 3 is 2.33 bits per heavy atom. The molecule has 7 nitrogen and oxygen atoms in total. The first-order chi connectivity index (χ1) is 16.2. The molecule has 1 aromatic carbocycles. The molecule has 0 bridgehead atoms. The van der Waals surface area contributed by atoms with E-state index < -0.39 is 0 Å². The van der Waals surface area contributed by atoms with Crippen molar-refractivity contribution in [3.05, 3.63) is 48.3 Å². The molecule has 174 valence electrons. The van der Waals surface area contributed by atoms with Crippen molar-refractivity contribution < 1.29 is 9.59 Å². The van der Waals surface area contributed by atoms with E-state index in [4.69, 9.17) is 0 Å². The second-order valence-electron chi connectivity index (χ2n) is 9.82. The minimum absolute atomic E-state index is 0.0102. The van der Waals surface area contributed by atoms with Crippen molar-refractivity contribution >= 4 is 23.2 Å². The molecule has 2 amide bonds. The molecule has 1 aromatic heterocycles. The predicted molar refractivity (Wildman–Crippen MR) is 128 cm³/mol. The highest BCUT2D eigenvalue weighted by Crippen LogP contribution is 2.32. The number of aromatic nitrogens is 2. The Morgan fingerprint density at radius 2 is 1.67 bits per heavy atom. The summed E-state index contributed by atoms with van der Waals surface area (Å²) in [6, 6.07) is 10.2. The summed E-state index contributed by atoms with van der Waals surface area (Å²) in [6.07, 6.45) is 11.2. The third-order valence-corrected chi connectivity index (χ3v) is 7.62. The first-order valence-electron chi connectivity index (χ1n) is 12.4. The molecule has 3 heterocycles. The number of piperidine rings is 1. The maximum atomic E-state index is 12.6. The molecule has 33 heavy (non-hydrogen) atoms. The summed E-state index contributed by atoms with van der Waals surface area (Å²) in [5, 5.41) is 10.7. The summed E-state index contributed by atoms with van der Waals surface area (Å²) in [5.41, 5.74) is 3.15. The van der Waals surface area contributed by atoms with Crippen LogP contribution in [0.5, 0.6) is 0 Å². The Hall–Kier alpha value is -2.96. The molecule has 1 saturated carbocycles. The van der Waals surface area contributed by atoms with Gasteiger partial charge in [-0.05, 0) is 61.3 Å². The van der Waals surface area contributed by atoms with E-state index in [2.05, 4.69) is 37.4 Å². The second kappa shape index (κ2) is 9.89. The number of hydrogen-bond donors (Lipinski definition) is 1. The van der Waals surface area contributed by atoms with Gasteiger partial charge >= 0.3 is 0 Å². The van der Waals surface area contributed by atoms with Crippen molar-refractivity contribution in [1.29, 1.82) is 0 Å². The van der Waals surface area contributed by atoms with Gasteiger partial charge in [0.25, 0.3) is 0 Å². The lowest BCUT2D eigenvalue weighted by Gasteiger charge is -2.39. The molecular weight excluding hydrogens is 414 g/mol. The van der Waals surface area contributed by atoms with Gasteiger partial charge in [0.15, 0.2) is 0 Å². The zero-order chi connectivity index (χ0) is 22.6. The van der Waals surface area contributed by atoms with E-state index in [1.165, 1.54) is 31.2 Å². The number of carbonyl (C=O) groups is 2. The standard InChI is InChI=1S/C26H33N5O2/c32-25(15-19-3-1-2-4-19)30-13-10-21(11-14-30)20-5-7-23(8-6-20)29-26(33)22-17-31(18-22)24-9-12-27-28-16-24/h5-9,12,16,19,21-22H,1-4,10-11,13-15,17-18H2,(H,29,33). The summed E-state index contributed by atoms with van der Waals surface area (Å²) in [7, 11) is 0. The average molecular weight is 448 g/mol. The fraction of sp³-hybridized carbons (Fsp3) is 0.538. The van der Waals surface area contributed by atoms with E-state index in [1.807, 2.05) is 18.2 Å². The summed E-state index contributed by atoms with van der Waals surface area (Å²) in [5.74, 6) is 1.51. The fourth-order valence-corrected chi connectivity index (χ4v) is 5.46. The topological polar surface area (TPSA) is 78.4 Å². The highest BCUT2D eigenvalue weighted by Gasteiger charge is 2.33. The van der Waals surface area contributed by atoms with Crippen LogP contribution in [0, 0.1) is 11.8 Å². The molecule has 2 saturated heterocycles. The van der Waals surface area contributed by atoms with Crippen LogP contribution in [0.3, 0.4) is 0 Å². The Morgan fingerprint density at radius 1 is 0.939 bits per heavy atom. The Kier molecular flexibility index (Phi) is 6.55. The lowest BCUT2D eigenvalue weighted by atomic mass is 9.89. The Bertz CT molecular complexity index is 944. The van der Waals surface area contributed by atoms with E-state index in [0.717, 1.165) is 43.7 Å². The SMILES string of the molecule is O=C(Nc1ccc(C2CCN(C(=O)CC3CCCC3)CC2)cc1)C1CN(c2ccnnc2)C1. The van der Waals surface area contributed by atoms with Gasteiger partial charge in [0.05, 0.1) is 24.0 Å². The van der Waals surface area contributed by atoms with Crippen molar-refractivity contribution in [3.8, 4) is 0 Å². The summed E-state index contributed by atoms with van der Waals surface area (Å²) >= 11 is 0. The molecule has 2 aromatic rings. The molecule has 0 unspecified atom stereocenters. The monoisotopic (exact) mass is 447 g/mol. The highest BCUT2D eigenvalue weighted by atomic mass is 16.2. The number of hydrogen-bond acceptors (Lipinski definition) is 5. The van der Waals surface area contributed by atoms with E-state index >= 15 is 0 Å². The largest absolute Gasteiger partial charge is 0.368 e. The summed E-state index contributed by atoms with van der Waals surface area (Å²) < 4.78 is 0. The third kappa shape index (κ3) is 5.18. The van der Waals surface area contributed by atoms with Gasteiger partial charge in [-0.1, -0.05) is 25.0 Å². The molecule has 2 aliphatic heterocycles. The number of anilines is 2. The summed E-state index contributed by atoms with van der Waals surface area (Å²) in [6.45, 7) is 3.13. The molecule has 3 aliphatic rings. The highest BCUT2D eigenvalue weighted by molar-refractivity contribution is 5.94. The number of nitrogens with one attached hydrogen (secondary N) is 1. The van der Waals surface area contributed by atoms with Crippen LogP contribution in [0.4, 0.5) is 11.4 Å². The van der Waals surface area contributed by atoms with Crippen LogP contribution >= 0.6 is 0 Å². The molecular formula is C26H33N5O2. The molecule has 0 spiro atoms. The van der Waals surface area contributed by atoms with Gasteiger partial charge in [-0.25, -0.2) is 0 Å². The smallest absolute Gasteiger partial charge is 0.231 e. The van der Waals surface area contributed by atoms with E-state index in [0.29, 0.717) is 30.8 Å². The van der Waals surface area contributed by atoms with Crippen molar-refractivity contribution in [2.24, 2.45) is 11.8 Å². The zero-order valence-electron chi connectivity index (χ0n) is 19.2. The van der Waals surface area contributed by atoms with Crippen LogP contribution in [0.15, 0.2) is 42.7 Å². The van der Waals surface area contributed by atoms with Crippen molar-refractivity contribution in [2.45, 2.75) is 50.9 Å². The molecule has 0 radical (unpaired) electrons.